The number of likely N-dealkylation sites (tertiary alicyclic amines) is 1. The van der Waals surface area contributed by atoms with Crippen molar-refractivity contribution >= 4 is 5.69 Å². The summed E-state index contributed by atoms with van der Waals surface area (Å²) >= 11 is 0. The lowest BCUT2D eigenvalue weighted by Gasteiger charge is -2.32. The van der Waals surface area contributed by atoms with Crippen LogP contribution < -0.4 is 10.5 Å². The topological polar surface area (TPSA) is 51.0 Å². The Morgan fingerprint density at radius 2 is 1.90 bits per heavy atom. The van der Waals surface area contributed by atoms with Gasteiger partial charge in [0, 0.05) is 37.9 Å². The molecule has 1 aromatic rings. The number of hydrogen-bond acceptors (Lipinski definition) is 5. The van der Waals surface area contributed by atoms with E-state index in [4.69, 9.17) is 15.2 Å². The number of benzene rings is 1. The Balaban J connectivity index is 1.37. The van der Waals surface area contributed by atoms with Gasteiger partial charge in [-0.3, -0.25) is 9.80 Å². The molecule has 2 heterocycles. The zero-order valence-corrected chi connectivity index (χ0v) is 12.5. The molecule has 2 saturated heterocycles. The van der Waals surface area contributed by atoms with Crippen molar-refractivity contribution in [2.45, 2.75) is 12.5 Å². The molecule has 0 aromatic heterocycles. The molecule has 2 aliphatic heterocycles. The molecule has 1 atom stereocenters. The highest BCUT2D eigenvalue weighted by Gasteiger charge is 2.28. The van der Waals surface area contributed by atoms with Gasteiger partial charge in [-0.15, -0.1) is 0 Å². The average Bonchev–Trinajstić information content (AvgIpc) is 2.99. The highest BCUT2D eigenvalue weighted by molar-refractivity contribution is 5.41. The maximum absolute atomic E-state index is 5.77. The lowest BCUT2D eigenvalue weighted by atomic mass is 10.2. The summed E-state index contributed by atoms with van der Waals surface area (Å²) in [4.78, 5) is 5.07. The molecule has 0 spiro atoms. The summed E-state index contributed by atoms with van der Waals surface area (Å²) in [5.74, 6) is 0.896. The van der Waals surface area contributed by atoms with Crippen LogP contribution in [0.2, 0.25) is 0 Å². The molecule has 2 aliphatic rings. The zero-order chi connectivity index (χ0) is 14.5. The molecule has 5 heteroatoms. The van der Waals surface area contributed by atoms with Crippen molar-refractivity contribution in [3.63, 3.8) is 0 Å². The van der Waals surface area contributed by atoms with Crippen molar-refractivity contribution in [2.24, 2.45) is 0 Å². The van der Waals surface area contributed by atoms with E-state index in [9.17, 15) is 0 Å². The molecule has 2 N–H and O–H groups in total. The van der Waals surface area contributed by atoms with Crippen LogP contribution in [0.5, 0.6) is 5.75 Å². The van der Waals surface area contributed by atoms with Gasteiger partial charge in [-0.25, -0.2) is 0 Å². The van der Waals surface area contributed by atoms with Gasteiger partial charge in [0.25, 0.3) is 0 Å². The minimum absolute atomic E-state index is 0.699. The first kappa shape index (κ1) is 14.6. The molecule has 21 heavy (non-hydrogen) atoms. The van der Waals surface area contributed by atoms with E-state index in [0.29, 0.717) is 6.04 Å². The standard InChI is InChI=1S/C16H25N3O2/c17-14-1-3-16(4-2-14)21-12-7-18-6-5-15(13-18)19-8-10-20-11-9-19/h1-4,15H,5-13,17H2. The molecule has 0 bridgehead atoms. The molecule has 0 radical (unpaired) electrons. The minimum atomic E-state index is 0.699. The predicted molar refractivity (Wildman–Crippen MR) is 83.6 cm³/mol. The van der Waals surface area contributed by atoms with Crippen LogP contribution >= 0.6 is 0 Å². The van der Waals surface area contributed by atoms with Crippen LogP contribution in [0.15, 0.2) is 24.3 Å². The van der Waals surface area contributed by atoms with Gasteiger partial charge in [-0.2, -0.15) is 0 Å². The van der Waals surface area contributed by atoms with Crippen LogP contribution in [0.3, 0.4) is 0 Å². The van der Waals surface area contributed by atoms with Gasteiger partial charge in [-0.05, 0) is 37.2 Å². The minimum Gasteiger partial charge on any atom is -0.492 e. The van der Waals surface area contributed by atoms with E-state index < -0.39 is 0 Å². The van der Waals surface area contributed by atoms with E-state index in [1.165, 1.54) is 13.0 Å². The lowest BCUT2D eigenvalue weighted by Crippen LogP contribution is -2.44. The Labute approximate surface area is 126 Å². The van der Waals surface area contributed by atoms with Crippen molar-refractivity contribution in [3.8, 4) is 5.75 Å². The van der Waals surface area contributed by atoms with Crippen LogP contribution in [-0.2, 0) is 4.74 Å². The second-order valence-corrected chi connectivity index (χ2v) is 5.81. The Bertz CT molecular complexity index is 432. The van der Waals surface area contributed by atoms with Crippen LogP contribution in [0.25, 0.3) is 0 Å². The fourth-order valence-electron chi connectivity index (χ4n) is 3.11. The largest absolute Gasteiger partial charge is 0.492 e. The molecule has 116 valence electrons. The number of morpholine rings is 1. The van der Waals surface area contributed by atoms with Gasteiger partial charge in [0.2, 0.25) is 0 Å². The quantitative estimate of drug-likeness (QED) is 0.822. The molecule has 3 rings (SSSR count). The normalized spacial score (nSPS) is 24.3. The summed E-state index contributed by atoms with van der Waals surface area (Å²) in [7, 11) is 0. The zero-order valence-electron chi connectivity index (χ0n) is 12.5. The van der Waals surface area contributed by atoms with Gasteiger partial charge in [0.15, 0.2) is 0 Å². The predicted octanol–water partition coefficient (Wildman–Crippen LogP) is 1.05. The van der Waals surface area contributed by atoms with Crippen LogP contribution in [-0.4, -0.2) is 68.4 Å². The number of ether oxygens (including phenoxy) is 2. The van der Waals surface area contributed by atoms with E-state index in [0.717, 1.165) is 57.4 Å². The lowest BCUT2D eigenvalue weighted by molar-refractivity contribution is 0.0183. The molecule has 1 aromatic carbocycles. The molecule has 1 unspecified atom stereocenters. The molecular formula is C16H25N3O2. The third kappa shape index (κ3) is 4.09. The average molecular weight is 291 g/mol. The monoisotopic (exact) mass is 291 g/mol. The molecular weight excluding hydrogens is 266 g/mol. The molecule has 2 fully saturated rings. The van der Waals surface area contributed by atoms with Gasteiger partial charge >= 0.3 is 0 Å². The number of nitrogen functional groups attached to an aromatic ring is 1. The van der Waals surface area contributed by atoms with E-state index >= 15 is 0 Å². The molecule has 0 amide bonds. The first-order chi connectivity index (χ1) is 10.3. The summed E-state index contributed by atoms with van der Waals surface area (Å²) < 4.78 is 11.2. The SMILES string of the molecule is Nc1ccc(OCCN2CCC(N3CCOCC3)C2)cc1. The number of anilines is 1. The third-order valence-electron chi connectivity index (χ3n) is 4.37. The summed E-state index contributed by atoms with van der Waals surface area (Å²) in [5.41, 5.74) is 6.44. The summed E-state index contributed by atoms with van der Waals surface area (Å²) in [6.07, 6.45) is 1.27. The van der Waals surface area contributed by atoms with Crippen molar-refractivity contribution < 1.29 is 9.47 Å². The van der Waals surface area contributed by atoms with Crippen LogP contribution in [0.4, 0.5) is 5.69 Å². The maximum atomic E-state index is 5.77. The Morgan fingerprint density at radius 3 is 2.67 bits per heavy atom. The van der Waals surface area contributed by atoms with Crippen molar-refractivity contribution in [1.29, 1.82) is 0 Å². The summed E-state index contributed by atoms with van der Waals surface area (Å²) in [6, 6.07) is 8.30. The third-order valence-corrected chi connectivity index (χ3v) is 4.37. The van der Waals surface area contributed by atoms with Gasteiger partial charge < -0.3 is 15.2 Å². The van der Waals surface area contributed by atoms with Crippen molar-refractivity contribution in [3.05, 3.63) is 24.3 Å². The highest BCUT2D eigenvalue weighted by atomic mass is 16.5. The second-order valence-electron chi connectivity index (χ2n) is 5.81. The second kappa shape index (κ2) is 7.11. The number of rotatable bonds is 5. The van der Waals surface area contributed by atoms with E-state index in [-0.39, 0.29) is 0 Å². The Morgan fingerprint density at radius 1 is 1.14 bits per heavy atom. The van der Waals surface area contributed by atoms with Crippen LogP contribution in [0.1, 0.15) is 6.42 Å². The Kier molecular flexibility index (Phi) is 4.95. The first-order valence-electron chi connectivity index (χ1n) is 7.84. The number of hydrogen-bond donors (Lipinski definition) is 1. The van der Waals surface area contributed by atoms with E-state index in [1.807, 2.05) is 24.3 Å². The number of nitrogens with zero attached hydrogens (tertiary/aromatic N) is 2. The molecule has 0 saturated carbocycles. The Hall–Kier alpha value is -1.30. The van der Waals surface area contributed by atoms with Gasteiger partial charge in [0.1, 0.15) is 12.4 Å². The first-order valence-corrected chi connectivity index (χ1v) is 7.84. The fraction of sp³-hybridized carbons (Fsp3) is 0.625. The summed E-state index contributed by atoms with van der Waals surface area (Å²) in [6.45, 7) is 8.00. The smallest absolute Gasteiger partial charge is 0.119 e. The van der Waals surface area contributed by atoms with Crippen molar-refractivity contribution in [1.82, 2.24) is 9.80 Å². The number of nitrogens with two attached hydrogens (primary N) is 1. The highest BCUT2D eigenvalue weighted by Crippen LogP contribution is 2.17. The van der Waals surface area contributed by atoms with Gasteiger partial charge in [0.05, 0.1) is 13.2 Å². The molecule has 0 aliphatic carbocycles. The van der Waals surface area contributed by atoms with Gasteiger partial charge in [-0.1, -0.05) is 0 Å². The summed E-state index contributed by atoms with van der Waals surface area (Å²) in [5, 5.41) is 0. The van der Waals surface area contributed by atoms with E-state index in [1.54, 1.807) is 0 Å². The van der Waals surface area contributed by atoms with Crippen LogP contribution in [0, 0.1) is 0 Å². The maximum Gasteiger partial charge on any atom is 0.119 e. The molecule has 5 nitrogen and oxygen atoms in total. The van der Waals surface area contributed by atoms with E-state index in [2.05, 4.69) is 9.80 Å². The van der Waals surface area contributed by atoms with Crippen molar-refractivity contribution in [2.75, 3.05) is 58.3 Å². The fourth-order valence-corrected chi connectivity index (χ4v) is 3.11.